The van der Waals surface area contributed by atoms with Crippen LogP contribution in [0.2, 0.25) is 0 Å². The molecule has 0 radical (unpaired) electrons. The van der Waals surface area contributed by atoms with Crippen LogP contribution in [0.3, 0.4) is 0 Å². The summed E-state index contributed by atoms with van der Waals surface area (Å²) in [5, 5.41) is 0. The molecule has 0 aromatic heterocycles. The van der Waals surface area contributed by atoms with Gasteiger partial charge in [-0.2, -0.15) is 0 Å². The van der Waals surface area contributed by atoms with E-state index >= 15 is 0 Å². The van der Waals surface area contributed by atoms with E-state index in [4.69, 9.17) is 5.73 Å². The van der Waals surface area contributed by atoms with E-state index in [9.17, 15) is 4.79 Å². The number of ketones is 1. The molecule has 0 amide bonds. The zero-order valence-corrected chi connectivity index (χ0v) is 9.03. The van der Waals surface area contributed by atoms with E-state index in [1.807, 2.05) is 19.9 Å². The van der Waals surface area contributed by atoms with Gasteiger partial charge in [0.1, 0.15) is 0 Å². The van der Waals surface area contributed by atoms with Gasteiger partial charge in [-0.3, -0.25) is 4.79 Å². The van der Waals surface area contributed by atoms with Gasteiger partial charge < -0.3 is 5.73 Å². The summed E-state index contributed by atoms with van der Waals surface area (Å²) in [6.45, 7) is 3.74. The number of hydrogen-bond donors (Lipinski definition) is 1. The topological polar surface area (TPSA) is 43.1 Å². The van der Waals surface area contributed by atoms with Crippen molar-refractivity contribution in [3.8, 4) is 0 Å². The van der Waals surface area contributed by atoms with Crippen molar-refractivity contribution in [1.82, 2.24) is 0 Å². The number of rotatable bonds is 3. The van der Waals surface area contributed by atoms with E-state index in [1.54, 1.807) is 36.4 Å². The van der Waals surface area contributed by atoms with E-state index in [0.717, 1.165) is 0 Å². The van der Waals surface area contributed by atoms with Crippen molar-refractivity contribution in [2.45, 2.75) is 13.8 Å². The van der Waals surface area contributed by atoms with Gasteiger partial charge in [-0.25, -0.2) is 0 Å². The maximum atomic E-state index is 11.9. The largest absolute Gasteiger partial charge is 0.399 e. The van der Waals surface area contributed by atoms with Crippen molar-refractivity contribution < 1.29 is 4.79 Å². The Labute approximate surface area is 90.1 Å². The van der Waals surface area contributed by atoms with Gasteiger partial charge in [-0.05, 0) is 38.1 Å². The summed E-state index contributed by atoms with van der Waals surface area (Å²) in [7, 11) is 0. The molecule has 2 heteroatoms. The SMILES string of the molecule is C/C=C\C(=C/C)C(=O)c1ccc(N)cc1. The Balaban J connectivity index is 2.98. The lowest BCUT2D eigenvalue weighted by Gasteiger charge is -2.01. The standard InChI is InChI=1S/C13H15NO/c1-3-5-10(4-2)13(15)11-6-8-12(14)9-7-11/h3-9H,14H2,1-2H3/b5-3-,10-4+. The highest BCUT2D eigenvalue weighted by Crippen LogP contribution is 2.12. The van der Waals surface area contributed by atoms with E-state index in [1.165, 1.54) is 0 Å². The smallest absolute Gasteiger partial charge is 0.192 e. The fourth-order valence-corrected chi connectivity index (χ4v) is 1.28. The highest BCUT2D eigenvalue weighted by atomic mass is 16.1. The number of nitrogens with two attached hydrogens (primary N) is 1. The van der Waals surface area contributed by atoms with E-state index in [2.05, 4.69) is 0 Å². The number of benzene rings is 1. The van der Waals surface area contributed by atoms with E-state index in [-0.39, 0.29) is 5.78 Å². The molecule has 0 unspecified atom stereocenters. The number of carbonyl (C=O) groups is 1. The van der Waals surface area contributed by atoms with Gasteiger partial charge in [0.15, 0.2) is 5.78 Å². The van der Waals surface area contributed by atoms with Crippen LogP contribution in [0.5, 0.6) is 0 Å². The summed E-state index contributed by atoms with van der Waals surface area (Å²) < 4.78 is 0. The molecule has 1 aromatic rings. The minimum absolute atomic E-state index is 0.0237. The molecular weight excluding hydrogens is 186 g/mol. The molecule has 0 fully saturated rings. The third-order valence-corrected chi connectivity index (χ3v) is 2.09. The van der Waals surface area contributed by atoms with Crippen molar-refractivity contribution in [3.63, 3.8) is 0 Å². The summed E-state index contributed by atoms with van der Waals surface area (Å²) in [6.07, 6.45) is 5.46. The monoisotopic (exact) mass is 201 g/mol. The van der Waals surface area contributed by atoms with Crippen LogP contribution in [0.25, 0.3) is 0 Å². The van der Waals surface area contributed by atoms with Crippen LogP contribution < -0.4 is 5.73 Å². The maximum Gasteiger partial charge on any atom is 0.192 e. The number of allylic oxidation sites excluding steroid dienone is 4. The molecule has 0 atom stereocenters. The highest BCUT2D eigenvalue weighted by molar-refractivity contribution is 6.10. The molecule has 0 heterocycles. The molecular formula is C13H15NO. The average Bonchev–Trinajstić information content (AvgIpc) is 2.26. The van der Waals surface area contributed by atoms with Crippen LogP contribution in [0.4, 0.5) is 5.69 Å². The van der Waals surface area contributed by atoms with Gasteiger partial charge in [0.05, 0.1) is 0 Å². The molecule has 78 valence electrons. The average molecular weight is 201 g/mol. The zero-order valence-electron chi connectivity index (χ0n) is 9.03. The van der Waals surface area contributed by atoms with Gasteiger partial charge >= 0.3 is 0 Å². The molecule has 1 rings (SSSR count). The molecule has 15 heavy (non-hydrogen) atoms. The van der Waals surface area contributed by atoms with E-state index < -0.39 is 0 Å². The Morgan fingerprint density at radius 2 is 1.80 bits per heavy atom. The van der Waals surface area contributed by atoms with Crippen LogP contribution >= 0.6 is 0 Å². The van der Waals surface area contributed by atoms with Crippen molar-refractivity contribution >= 4 is 11.5 Å². The Bertz CT molecular complexity index is 399. The van der Waals surface area contributed by atoms with Crippen molar-refractivity contribution in [1.29, 1.82) is 0 Å². The van der Waals surface area contributed by atoms with Crippen molar-refractivity contribution in [2.75, 3.05) is 5.73 Å². The second-order valence-corrected chi connectivity index (χ2v) is 3.20. The Morgan fingerprint density at radius 3 is 2.27 bits per heavy atom. The molecule has 2 N–H and O–H groups in total. The minimum Gasteiger partial charge on any atom is -0.399 e. The lowest BCUT2D eigenvalue weighted by molar-refractivity contribution is 0.103. The van der Waals surface area contributed by atoms with Crippen LogP contribution in [-0.4, -0.2) is 5.78 Å². The summed E-state index contributed by atoms with van der Waals surface area (Å²) in [6, 6.07) is 6.95. The Morgan fingerprint density at radius 1 is 1.20 bits per heavy atom. The summed E-state index contributed by atoms with van der Waals surface area (Å²) in [5.74, 6) is 0.0237. The van der Waals surface area contributed by atoms with Crippen LogP contribution in [0, 0.1) is 0 Å². The van der Waals surface area contributed by atoms with Crippen LogP contribution in [0.15, 0.2) is 48.1 Å². The number of Topliss-reactive ketones (excluding diaryl/α,β-unsaturated/α-hetero) is 1. The molecule has 1 aromatic carbocycles. The summed E-state index contributed by atoms with van der Waals surface area (Å²) >= 11 is 0. The third kappa shape index (κ3) is 2.81. The fourth-order valence-electron chi connectivity index (χ4n) is 1.28. The number of nitrogen functional groups attached to an aromatic ring is 1. The predicted octanol–water partition coefficient (Wildman–Crippen LogP) is 2.97. The fraction of sp³-hybridized carbons (Fsp3) is 0.154. The normalized spacial score (nSPS) is 12.0. The van der Waals surface area contributed by atoms with Gasteiger partial charge in [0.2, 0.25) is 0 Å². The van der Waals surface area contributed by atoms with Crippen LogP contribution in [-0.2, 0) is 0 Å². The number of hydrogen-bond acceptors (Lipinski definition) is 2. The second kappa shape index (κ2) is 5.15. The highest BCUT2D eigenvalue weighted by Gasteiger charge is 2.07. The van der Waals surface area contributed by atoms with E-state index in [0.29, 0.717) is 16.8 Å². The zero-order chi connectivity index (χ0) is 11.3. The van der Waals surface area contributed by atoms with Crippen LogP contribution in [0.1, 0.15) is 24.2 Å². The molecule has 0 saturated heterocycles. The van der Waals surface area contributed by atoms with Gasteiger partial charge in [-0.15, -0.1) is 0 Å². The Kier molecular flexibility index (Phi) is 3.86. The van der Waals surface area contributed by atoms with Gasteiger partial charge in [0, 0.05) is 16.8 Å². The number of carbonyl (C=O) groups excluding carboxylic acids is 1. The van der Waals surface area contributed by atoms with Gasteiger partial charge in [-0.1, -0.05) is 18.2 Å². The maximum absolute atomic E-state index is 11.9. The van der Waals surface area contributed by atoms with Crippen molar-refractivity contribution in [2.24, 2.45) is 0 Å². The summed E-state index contributed by atoms with van der Waals surface area (Å²) in [4.78, 5) is 11.9. The first-order chi connectivity index (χ1) is 7.19. The first kappa shape index (κ1) is 11.2. The molecule has 0 bridgehead atoms. The molecule has 0 aliphatic carbocycles. The predicted molar refractivity (Wildman–Crippen MR) is 63.8 cm³/mol. The Hall–Kier alpha value is -1.83. The lowest BCUT2D eigenvalue weighted by atomic mass is 10.0. The first-order valence-corrected chi connectivity index (χ1v) is 4.88. The molecule has 0 aliphatic heterocycles. The van der Waals surface area contributed by atoms with Crippen molar-refractivity contribution in [3.05, 3.63) is 53.6 Å². The molecule has 0 spiro atoms. The van der Waals surface area contributed by atoms with Gasteiger partial charge in [0.25, 0.3) is 0 Å². The summed E-state index contributed by atoms with van der Waals surface area (Å²) in [5.41, 5.74) is 7.58. The second-order valence-electron chi connectivity index (χ2n) is 3.20. The molecule has 0 saturated carbocycles. The molecule has 2 nitrogen and oxygen atoms in total. The lowest BCUT2D eigenvalue weighted by Crippen LogP contribution is -2.01. The minimum atomic E-state index is 0.0237. The number of anilines is 1. The first-order valence-electron chi connectivity index (χ1n) is 4.88. The third-order valence-electron chi connectivity index (χ3n) is 2.09. The quantitative estimate of drug-likeness (QED) is 0.353. The molecule has 0 aliphatic rings.